The lowest BCUT2D eigenvalue weighted by Gasteiger charge is -2.38. The van der Waals surface area contributed by atoms with Gasteiger partial charge in [0.1, 0.15) is 23.3 Å². The van der Waals surface area contributed by atoms with Crippen LogP contribution in [0, 0.1) is 5.92 Å². The van der Waals surface area contributed by atoms with E-state index < -0.39 is 26.7 Å². The topological polar surface area (TPSA) is 124 Å². The number of hydrogen-bond acceptors (Lipinski definition) is 9. The summed E-state index contributed by atoms with van der Waals surface area (Å²) in [4.78, 5) is 29.6. The minimum absolute atomic E-state index is 0.0261. The first kappa shape index (κ1) is 50.6. The van der Waals surface area contributed by atoms with E-state index in [0.717, 1.165) is 22.3 Å². The molecule has 2 amide bonds. The molecule has 2 atom stereocenters. The number of nitrogens with one attached hydrogen (secondary N) is 1. The number of amides is 2. The Balaban J connectivity index is 1.45. The molecule has 0 bridgehead atoms. The molecule has 1 unspecified atom stereocenters. The zero-order valence-corrected chi connectivity index (χ0v) is 40.9. The highest BCUT2D eigenvalue weighted by molar-refractivity contribution is 8.00. The second kappa shape index (κ2) is 24.2. The third kappa shape index (κ3) is 12.4. The summed E-state index contributed by atoms with van der Waals surface area (Å²) in [5, 5.41) is 2.63. The van der Waals surface area contributed by atoms with Gasteiger partial charge in [-0.3, -0.25) is 9.59 Å². The number of thioether (sulfide) groups is 1. The predicted octanol–water partition coefficient (Wildman–Crippen LogP) is 9.38. The maximum absolute atomic E-state index is 15.8. The van der Waals surface area contributed by atoms with E-state index in [1.54, 1.807) is 75.4 Å². The smallest absolute Gasteiger partial charge is 0.243 e. The van der Waals surface area contributed by atoms with Gasteiger partial charge in [-0.05, 0) is 47.1 Å². The van der Waals surface area contributed by atoms with Gasteiger partial charge in [0.2, 0.25) is 21.8 Å². The summed E-state index contributed by atoms with van der Waals surface area (Å²) in [5.41, 5.74) is 4.57. The number of benzene rings is 5. The third-order valence-electron chi connectivity index (χ3n) is 11.9. The summed E-state index contributed by atoms with van der Waals surface area (Å²) in [6.07, 6.45) is 5.94. The van der Waals surface area contributed by atoms with E-state index in [4.69, 9.17) is 18.9 Å². The highest BCUT2D eigenvalue weighted by Crippen LogP contribution is 2.48. The molecule has 67 heavy (non-hydrogen) atoms. The molecule has 1 aliphatic rings. The van der Waals surface area contributed by atoms with Crippen LogP contribution in [0.25, 0.3) is 0 Å². The van der Waals surface area contributed by atoms with Crippen LogP contribution < -0.4 is 19.5 Å². The van der Waals surface area contributed by atoms with E-state index in [2.05, 4.69) is 41.7 Å². The SMILES string of the molecule is CNC(=O)CCCOc1cc(OC)c(CN(CCSC(c2ccccc2)(c2ccccc2)c2ccccc2)C(=O)[C@@H](C(C)C)N(Cc2ccccc2)S(=O)(=O)C2=CCC(OC)C=C2)c(OC)c1. The first-order valence-electron chi connectivity index (χ1n) is 22.6. The molecule has 0 saturated heterocycles. The first-order chi connectivity index (χ1) is 32.5. The molecule has 0 saturated carbocycles. The molecule has 6 rings (SSSR count). The van der Waals surface area contributed by atoms with Gasteiger partial charge in [-0.25, -0.2) is 8.42 Å². The molecular formula is C54H63N3O8S2. The number of carbonyl (C=O) groups is 2. The lowest BCUT2D eigenvalue weighted by Crippen LogP contribution is -2.53. The van der Waals surface area contributed by atoms with Gasteiger partial charge in [-0.2, -0.15) is 4.31 Å². The summed E-state index contributed by atoms with van der Waals surface area (Å²) in [6.45, 7) is 4.28. The number of nitrogens with zero attached hydrogens (tertiary/aromatic N) is 2. The van der Waals surface area contributed by atoms with Crippen LogP contribution in [0.5, 0.6) is 17.2 Å². The Morgan fingerprint density at radius 3 is 1.79 bits per heavy atom. The van der Waals surface area contributed by atoms with Gasteiger partial charge in [0.05, 0.1) is 48.7 Å². The number of sulfonamides is 1. The normalized spacial score (nSPS) is 14.3. The van der Waals surface area contributed by atoms with Crippen LogP contribution in [0.1, 0.15) is 60.9 Å². The molecule has 1 N–H and O–H groups in total. The molecule has 354 valence electrons. The van der Waals surface area contributed by atoms with Gasteiger partial charge in [0.15, 0.2) is 0 Å². The molecule has 11 nitrogen and oxygen atoms in total. The summed E-state index contributed by atoms with van der Waals surface area (Å²) in [7, 11) is 2.05. The van der Waals surface area contributed by atoms with E-state index in [0.29, 0.717) is 47.8 Å². The van der Waals surface area contributed by atoms with Crippen LogP contribution in [0.4, 0.5) is 0 Å². The molecule has 1 aliphatic carbocycles. The number of carbonyl (C=O) groups excluding carboxylic acids is 2. The summed E-state index contributed by atoms with van der Waals surface area (Å²) < 4.78 is 54.3. The fourth-order valence-electron chi connectivity index (χ4n) is 8.39. The number of methoxy groups -OCH3 is 3. The largest absolute Gasteiger partial charge is 0.496 e. The summed E-state index contributed by atoms with van der Waals surface area (Å²) in [5.74, 6) is 0.889. The second-order valence-corrected chi connectivity index (χ2v) is 19.7. The Labute approximate surface area is 401 Å². The highest BCUT2D eigenvalue weighted by atomic mass is 32.2. The molecule has 0 heterocycles. The van der Waals surface area contributed by atoms with Gasteiger partial charge in [0, 0.05) is 51.6 Å². The van der Waals surface area contributed by atoms with E-state index in [1.165, 1.54) is 4.31 Å². The Morgan fingerprint density at radius 2 is 1.33 bits per heavy atom. The lowest BCUT2D eigenvalue weighted by atomic mass is 9.84. The van der Waals surface area contributed by atoms with Crippen molar-refractivity contribution < 1.29 is 37.0 Å². The molecule has 0 fully saturated rings. The molecule has 0 aliphatic heterocycles. The summed E-state index contributed by atoms with van der Waals surface area (Å²) in [6, 6.07) is 42.9. The van der Waals surface area contributed by atoms with Crippen molar-refractivity contribution in [2.75, 3.05) is 47.3 Å². The fraction of sp³-hybridized carbons (Fsp3) is 0.333. The highest BCUT2D eigenvalue weighted by Gasteiger charge is 2.42. The fourth-order valence-corrected chi connectivity index (χ4v) is 11.7. The van der Waals surface area contributed by atoms with Crippen molar-refractivity contribution in [3.8, 4) is 17.2 Å². The Bertz CT molecular complexity index is 2420. The van der Waals surface area contributed by atoms with Gasteiger partial charge in [0.25, 0.3) is 0 Å². The van der Waals surface area contributed by atoms with Crippen molar-refractivity contribution in [2.45, 2.75) is 63.1 Å². The van der Waals surface area contributed by atoms with E-state index in [-0.39, 0.29) is 49.1 Å². The second-order valence-electron chi connectivity index (χ2n) is 16.5. The van der Waals surface area contributed by atoms with Crippen LogP contribution in [0.3, 0.4) is 0 Å². The van der Waals surface area contributed by atoms with Crippen LogP contribution in [0.2, 0.25) is 0 Å². The van der Waals surface area contributed by atoms with E-state index in [9.17, 15) is 4.79 Å². The van der Waals surface area contributed by atoms with Crippen molar-refractivity contribution in [3.63, 3.8) is 0 Å². The van der Waals surface area contributed by atoms with Gasteiger partial charge in [-0.15, -0.1) is 11.8 Å². The maximum atomic E-state index is 15.8. The minimum atomic E-state index is -4.24. The standard InChI is InChI=1S/C54H63N3O8S2/c1-40(2)52(57(38-41-20-11-7-12-21-41)67(60,61)47-31-29-45(62-4)30-32-47)53(59)56(39-48-49(63-5)36-46(37-50(48)64-6)65-34-19-28-51(58)55-3)33-35-66-54(42-22-13-8-14-23-42,43-24-15-9-16-25-43)44-26-17-10-18-27-44/h7-18,20-27,29,31-32,36-37,40,45,52H,19,28,30,33-35,38-39H2,1-6H3,(H,55,58)/t45?,52-/m1/s1. The Morgan fingerprint density at radius 1 is 0.791 bits per heavy atom. The molecule has 0 spiro atoms. The number of ether oxygens (including phenoxy) is 4. The van der Waals surface area contributed by atoms with E-state index in [1.807, 2.05) is 98.8 Å². The first-order valence-corrected chi connectivity index (χ1v) is 25.0. The maximum Gasteiger partial charge on any atom is 0.243 e. The van der Waals surface area contributed by atoms with Crippen LogP contribution in [-0.4, -0.2) is 88.9 Å². The lowest BCUT2D eigenvalue weighted by molar-refractivity contribution is -0.137. The number of rotatable bonds is 24. The van der Waals surface area contributed by atoms with Gasteiger partial charge < -0.3 is 29.2 Å². The number of hydrogen-bond donors (Lipinski definition) is 1. The average Bonchev–Trinajstić information content (AvgIpc) is 3.37. The molecule has 0 radical (unpaired) electrons. The zero-order chi connectivity index (χ0) is 47.8. The quantitative estimate of drug-likeness (QED) is 0.0476. The molecule has 13 heteroatoms. The zero-order valence-electron chi connectivity index (χ0n) is 39.3. The minimum Gasteiger partial charge on any atom is -0.496 e. The molecule has 0 aromatic heterocycles. The van der Waals surface area contributed by atoms with Crippen LogP contribution >= 0.6 is 11.8 Å². The Kier molecular flexibility index (Phi) is 18.3. The van der Waals surface area contributed by atoms with E-state index >= 15 is 13.2 Å². The van der Waals surface area contributed by atoms with Crippen LogP contribution in [0.15, 0.2) is 157 Å². The van der Waals surface area contributed by atoms with Gasteiger partial charge in [-0.1, -0.05) is 147 Å². The van der Waals surface area contributed by atoms with Crippen molar-refractivity contribution in [1.29, 1.82) is 0 Å². The monoisotopic (exact) mass is 945 g/mol. The Hall–Kier alpha value is -5.86. The van der Waals surface area contributed by atoms with Gasteiger partial charge >= 0.3 is 0 Å². The summed E-state index contributed by atoms with van der Waals surface area (Å²) >= 11 is 1.72. The molecule has 5 aromatic rings. The van der Waals surface area contributed by atoms with Crippen molar-refractivity contribution in [1.82, 2.24) is 14.5 Å². The van der Waals surface area contributed by atoms with Crippen molar-refractivity contribution >= 4 is 33.6 Å². The van der Waals surface area contributed by atoms with Crippen LogP contribution in [-0.2, 0) is 42.2 Å². The van der Waals surface area contributed by atoms with Crippen molar-refractivity contribution in [3.05, 3.63) is 184 Å². The number of allylic oxidation sites excluding steroid dienone is 1. The van der Waals surface area contributed by atoms with Crippen molar-refractivity contribution in [2.24, 2.45) is 5.92 Å². The average molecular weight is 946 g/mol. The molecule has 5 aromatic carbocycles. The molecular weight excluding hydrogens is 883 g/mol. The predicted molar refractivity (Wildman–Crippen MR) is 268 cm³/mol. The third-order valence-corrected chi connectivity index (χ3v) is 15.3.